The monoisotopic (exact) mass is 368 g/mol. The summed E-state index contributed by atoms with van der Waals surface area (Å²) in [7, 11) is 0. The van der Waals surface area contributed by atoms with E-state index in [-0.39, 0.29) is 18.2 Å². The van der Waals surface area contributed by atoms with Crippen molar-refractivity contribution in [2.45, 2.75) is 27.2 Å². The number of hydrazone groups is 1. The molecule has 0 atom stereocenters. The van der Waals surface area contributed by atoms with Gasteiger partial charge in [-0.3, -0.25) is 14.4 Å². The van der Waals surface area contributed by atoms with Crippen molar-refractivity contribution < 1.29 is 14.4 Å². The van der Waals surface area contributed by atoms with Crippen molar-refractivity contribution in [1.82, 2.24) is 10.7 Å². The fraction of sp³-hybridized carbons (Fsp3) is 0.300. The number of hydrogen-bond acceptors (Lipinski definition) is 4. The molecule has 0 spiro atoms. The SMILES string of the molecule is C/C(CC(=O)Nc1ccc2ccccc2c1)=N/NC(=O)C(=O)NCC(C)C. The third-order valence-corrected chi connectivity index (χ3v) is 3.68. The van der Waals surface area contributed by atoms with Gasteiger partial charge >= 0.3 is 11.8 Å². The van der Waals surface area contributed by atoms with Gasteiger partial charge in [0.15, 0.2) is 0 Å². The molecule has 142 valence electrons. The van der Waals surface area contributed by atoms with Crippen molar-refractivity contribution in [2.75, 3.05) is 11.9 Å². The Morgan fingerprint density at radius 2 is 1.70 bits per heavy atom. The second-order valence-corrected chi connectivity index (χ2v) is 6.68. The average molecular weight is 368 g/mol. The molecule has 0 aliphatic carbocycles. The summed E-state index contributed by atoms with van der Waals surface area (Å²) < 4.78 is 0. The highest BCUT2D eigenvalue weighted by Crippen LogP contribution is 2.18. The summed E-state index contributed by atoms with van der Waals surface area (Å²) in [5.74, 6) is -1.62. The molecule has 0 unspecified atom stereocenters. The van der Waals surface area contributed by atoms with Crippen LogP contribution in [0.1, 0.15) is 27.2 Å². The molecule has 0 saturated heterocycles. The Morgan fingerprint density at radius 1 is 1.00 bits per heavy atom. The third kappa shape index (κ3) is 6.54. The highest BCUT2D eigenvalue weighted by Gasteiger charge is 2.13. The summed E-state index contributed by atoms with van der Waals surface area (Å²) in [5, 5.41) is 11.2. The van der Waals surface area contributed by atoms with Crippen LogP contribution in [0.5, 0.6) is 0 Å². The van der Waals surface area contributed by atoms with Crippen molar-refractivity contribution >= 4 is 39.9 Å². The van der Waals surface area contributed by atoms with Gasteiger partial charge in [-0.2, -0.15) is 5.10 Å². The lowest BCUT2D eigenvalue weighted by Gasteiger charge is -2.08. The van der Waals surface area contributed by atoms with Gasteiger partial charge in [0, 0.05) is 17.9 Å². The summed E-state index contributed by atoms with van der Waals surface area (Å²) in [4.78, 5) is 35.3. The van der Waals surface area contributed by atoms with Gasteiger partial charge in [0.2, 0.25) is 5.91 Å². The molecule has 0 saturated carbocycles. The molecular formula is C20H24N4O3. The lowest BCUT2D eigenvalue weighted by Crippen LogP contribution is -2.39. The predicted octanol–water partition coefficient (Wildman–Crippen LogP) is 2.43. The van der Waals surface area contributed by atoms with Crippen molar-refractivity contribution in [3.63, 3.8) is 0 Å². The smallest absolute Gasteiger partial charge is 0.329 e. The molecule has 7 heteroatoms. The quantitative estimate of drug-likeness (QED) is 0.415. The number of fused-ring (bicyclic) bond motifs is 1. The van der Waals surface area contributed by atoms with Gasteiger partial charge in [0.1, 0.15) is 0 Å². The zero-order chi connectivity index (χ0) is 19.8. The summed E-state index contributed by atoms with van der Waals surface area (Å²) in [6.45, 7) is 5.86. The largest absolute Gasteiger partial charge is 0.348 e. The van der Waals surface area contributed by atoms with Crippen LogP contribution < -0.4 is 16.1 Å². The van der Waals surface area contributed by atoms with Crippen molar-refractivity contribution in [1.29, 1.82) is 0 Å². The molecule has 0 bridgehead atoms. The van der Waals surface area contributed by atoms with Crippen LogP contribution in [0, 0.1) is 5.92 Å². The number of benzene rings is 2. The highest BCUT2D eigenvalue weighted by molar-refractivity contribution is 6.35. The van der Waals surface area contributed by atoms with Crippen LogP contribution in [-0.2, 0) is 14.4 Å². The van der Waals surface area contributed by atoms with Crippen molar-refractivity contribution in [3.8, 4) is 0 Å². The Labute approximate surface area is 158 Å². The number of hydrogen-bond donors (Lipinski definition) is 3. The maximum atomic E-state index is 12.1. The highest BCUT2D eigenvalue weighted by atomic mass is 16.2. The Balaban J connectivity index is 1.85. The van der Waals surface area contributed by atoms with Crippen LogP contribution in [0.25, 0.3) is 10.8 Å². The fourth-order valence-corrected chi connectivity index (χ4v) is 2.32. The first kappa shape index (κ1) is 20.1. The van der Waals surface area contributed by atoms with Crippen molar-refractivity contribution in [3.05, 3.63) is 42.5 Å². The van der Waals surface area contributed by atoms with Gasteiger partial charge in [0.05, 0.1) is 6.42 Å². The van der Waals surface area contributed by atoms with E-state index in [1.54, 1.807) is 6.92 Å². The Morgan fingerprint density at radius 3 is 2.41 bits per heavy atom. The number of anilines is 1. The maximum Gasteiger partial charge on any atom is 0.329 e. The normalized spacial score (nSPS) is 11.3. The van der Waals surface area contributed by atoms with Crippen LogP contribution >= 0.6 is 0 Å². The molecule has 3 amide bonds. The van der Waals surface area contributed by atoms with E-state index in [1.807, 2.05) is 56.3 Å². The van der Waals surface area contributed by atoms with E-state index in [9.17, 15) is 14.4 Å². The first-order valence-corrected chi connectivity index (χ1v) is 8.75. The topological polar surface area (TPSA) is 99.7 Å². The number of amides is 3. The second kappa shape index (κ2) is 9.47. The Bertz CT molecular complexity index is 874. The number of carbonyl (C=O) groups excluding carboxylic acids is 3. The number of carbonyl (C=O) groups is 3. The van der Waals surface area contributed by atoms with Crippen LogP contribution in [0.2, 0.25) is 0 Å². The minimum Gasteiger partial charge on any atom is -0.348 e. The minimum absolute atomic E-state index is 0.000714. The molecule has 0 aromatic heterocycles. The van der Waals surface area contributed by atoms with E-state index in [0.717, 1.165) is 10.8 Å². The van der Waals surface area contributed by atoms with Gasteiger partial charge in [-0.25, -0.2) is 5.43 Å². The molecule has 0 fully saturated rings. The standard InChI is InChI=1S/C20H24N4O3/c1-13(2)12-21-19(26)20(27)24-23-14(3)10-18(25)22-17-9-8-15-6-4-5-7-16(15)11-17/h4-9,11,13H,10,12H2,1-3H3,(H,21,26)(H,22,25)(H,24,27)/b23-14-. The van der Waals surface area contributed by atoms with Crippen LogP contribution in [0.15, 0.2) is 47.6 Å². The summed E-state index contributed by atoms with van der Waals surface area (Å²) in [6, 6.07) is 13.5. The number of nitrogens with zero attached hydrogens (tertiary/aromatic N) is 1. The maximum absolute atomic E-state index is 12.1. The summed E-state index contributed by atoms with van der Waals surface area (Å²) in [5.41, 5.74) is 3.23. The Hall–Kier alpha value is -3.22. The number of rotatable bonds is 6. The zero-order valence-electron chi connectivity index (χ0n) is 15.7. The summed E-state index contributed by atoms with van der Waals surface area (Å²) >= 11 is 0. The number of nitrogens with one attached hydrogen (secondary N) is 3. The summed E-state index contributed by atoms with van der Waals surface area (Å²) in [6.07, 6.45) is 0.000714. The van der Waals surface area contributed by atoms with E-state index in [1.165, 1.54) is 0 Å². The third-order valence-electron chi connectivity index (χ3n) is 3.68. The average Bonchev–Trinajstić information content (AvgIpc) is 2.63. The van der Waals surface area contributed by atoms with E-state index in [2.05, 4.69) is 21.2 Å². The molecule has 2 aromatic carbocycles. The van der Waals surface area contributed by atoms with E-state index >= 15 is 0 Å². The lowest BCUT2D eigenvalue weighted by atomic mass is 10.1. The van der Waals surface area contributed by atoms with E-state index < -0.39 is 11.8 Å². The van der Waals surface area contributed by atoms with Gasteiger partial charge in [-0.15, -0.1) is 0 Å². The van der Waals surface area contributed by atoms with Gasteiger partial charge in [-0.1, -0.05) is 44.2 Å². The van der Waals surface area contributed by atoms with Crippen LogP contribution in [0.3, 0.4) is 0 Å². The minimum atomic E-state index is -0.857. The molecule has 2 rings (SSSR count). The molecule has 0 radical (unpaired) electrons. The molecule has 0 heterocycles. The molecule has 7 nitrogen and oxygen atoms in total. The fourth-order valence-electron chi connectivity index (χ4n) is 2.32. The first-order chi connectivity index (χ1) is 12.8. The molecule has 27 heavy (non-hydrogen) atoms. The van der Waals surface area contributed by atoms with Crippen molar-refractivity contribution in [2.24, 2.45) is 11.0 Å². The van der Waals surface area contributed by atoms with E-state index in [0.29, 0.717) is 17.9 Å². The molecule has 3 N–H and O–H groups in total. The van der Waals surface area contributed by atoms with Crippen LogP contribution in [0.4, 0.5) is 5.69 Å². The second-order valence-electron chi connectivity index (χ2n) is 6.68. The van der Waals surface area contributed by atoms with Gasteiger partial charge < -0.3 is 10.6 Å². The Kier molecular flexibility index (Phi) is 7.05. The molecular weight excluding hydrogens is 344 g/mol. The van der Waals surface area contributed by atoms with Gasteiger partial charge in [0.25, 0.3) is 0 Å². The first-order valence-electron chi connectivity index (χ1n) is 8.75. The lowest BCUT2D eigenvalue weighted by molar-refractivity contribution is -0.139. The van der Waals surface area contributed by atoms with E-state index in [4.69, 9.17) is 0 Å². The molecule has 0 aliphatic rings. The molecule has 2 aromatic rings. The van der Waals surface area contributed by atoms with Crippen LogP contribution in [-0.4, -0.2) is 30.0 Å². The van der Waals surface area contributed by atoms with Gasteiger partial charge in [-0.05, 0) is 35.7 Å². The zero-order valence-corrected chi connectivity index (χ0v) is 15.7. The predicted molar refractivity (Wildman–Crippen MR) is 106 cm³/mol. The molecule has 0 aliphatic heterocycles.